The topological polar surface area (TPSA) is 46.5 Å². The van der Waals surface area contributed by atoms with Crippen LogP contribution in [0.25, 0.3) is 0 Å². The Balaban J connectivity index is 3.10. The fraction of sp³-hybridized carbons (Fsp3) is 0.722. The van der Waals surface area contributed by atoms with Gasteiger partial charge in [-0.25, -0.2) is 0 Å². The zero-order valence-electron chi connectivity index (χ0n) is 13.9. The van der Waals surface area contributed by atoms with Crippen LogP contribution in [0.4, 0.5) is 0 Å². The maximum atomic E-state index is 12.1. The lowest BCUT2D eigenvalue weighted by atomic mass is 9.63. The summed E-state index contributed by atoms with van der Waals surface area (Å²) in [5, 5.41) is 9.93. The normalized spacial score (nSPS) is 25.2. The SMILES string of the molecule is CCCCC1=CC=CC(CC(C)C)(C(=O)O)C1CCOC. The van der Waals surface area contributed by atoms with Gasteiger partial charge in [0.25, 0.3) is 0 Å². The van der Waals surface area contributed by atoms with Crippen molar-refractivity contribution in [2.75, 3.05) is 13.7 Å². The second-order valence-corrected chi connectivity index (χ2v) is 6.48. The number of methoxy groups -OCH3 is 1. The Morgan fingerprint density at radius 2 is 2.19 bits per heavy atom. The molecule has 0 bridgehead atoms. The third-order valence-corrected chi connectivity index (χ3v) is 4.35. The lowest BCUT2D eigenvalue weighted by Crippen LogP contribution is -2.41. The molecule has 2 unspecified atom stereocenters. The van der Waals surface area contributed by atoms with Gasteiger partial charge in [0, 0.05) is 19.6 Å². The van der Waals surface area contributed by atoms with Crippen molar-refractivity contribution in [3.8, 4) is 0 Å². The predicted octanol–water partition coefficient (Wildman–Crippen LogP) is 4.44. The Morgan fingerprint density at radius 1 is 1.48 bits per heavy atom. The number of unbranched alkanes of at least 4 members (excludes halogenated alkanes) is 1. The van der Waals surface area contributed by atoms with E-state index >= 15 is 0 Å². The van der Waals surface area contributed by atoms with Gasteiger partial charge in [0.05, 0.1) is 5.41 Å². The van der Waals surface area contributed by atoms with E-state index in [-0.39, 0.29) is 5.92 Å². The largest absolute Gasteiger partial charge is 0.481 e. The van der Waals surface area contributed by atoms with Crippen molar-refractivity contribution >= 4 is 5.97 Å². The molecule has 3 heteroatoms. The quantitative estimate of drug-likeness (QED) is 0.683. The third-order valence-electron chi connectivity index (χ3n) is 4.35. The summed E-state index contributed by atoms with van der Waals surface area (Å²) >= 11 is 0. The fourth-order valence-corrected chi connectivity index (χ4v) is 3.42. The first-order valence-corrected chi connectivity index (χ1v) is 8.08. The molecule has 1 N–H and O–H groups in total. The van der Waals surface area contributed by atoms with E-state index in [0.29, 0.717) is 18.9 Å². The molecule has 0 spiro atoms. The molecule has 0 aromatic carbocycles. The maximum Gasteiger partial charge on any atom is 0.314 e. The molecule has 0 radical (unpaired) electrons. The van der Waals surface area contributed by atoms with E-state index < -0.39 is 11.4 Å². The van der Waals surface area contributed by atoms with Crippen molar-refractivity contribution in [1.82, 2.24) is 0 Å². The summed E-state index contributed by atoms with van der Waals surface area (Å²) in [6.45, 7) is 6.96. The van der Waals surface area contributed by atoms with Gasteiger partial charge in [-0.15, -0.1) is 0 Å². The van der Waals surface area contributed by atoms with Gasteiger partial charge in [-0.05, 0) is 31.6 Å². The summed E-state index contributed by atoms with van der Waals surface area (Å²) in [6, 6.07) is 0. The standard InChI is InChI=1S/C18H30O3/c1-5-6-8-15-9-7-11-18(17(19)20,13-14(2)3)16(15)10-12-21-4/h7,9,11,14,16H,5-6,8,10,12-13H2,1-4H3,(H,19,20). The highest BCUT2D eigenvalue weighted by molar-refractivity contribution is 5.79. The number of hydrogen-bond donors (Lipinski definition) is 1. The van der Waals surface area contributed by atoms with Crippen LogP contribution >= 0.6 is 0 Å². The zero-order chi connectivity index (χ0) is 15.9. The Bertz CT molecular complexity index is 395. The molecule has 1 aliphatic rings. The minimum absolute atomic E-state index is 0.0499. The number of aliphatic carboxylic acids is 1. The molecule has 0 aromatic heterocycles. The summed E-state index contributed by atoms with van der Waals surface area (Å²) in [5.74, 6) is -0.300. The molecule has 21 heavy (non-hydrogen) atoms. The van der Waals surface area contributed by atoms with Crippen molar-refractivity contribution in [3.05, 3.63) is 23.8 Å². The zero-order valence-corrected chi connectivity index (χ0v) is 13.9. The first-order chi connectivity index (χ1) is 9.97. The van der Waals surface area contributed by atoms with Gasteiger partial charge in [-0.3, -0.25) is 4.79 Å². The van der Waals surface area contributed by atoms with Crippen molar-refractivity contribution in [2.24, 2.45) is 17.3 Å². The number of ether oxygens (including phenoxy) is 1. The summed E-state index contributed by atoms with van der Waals surface area (Å²) in [7, 11) is 1.68. The molecule has 2 atom stereocenters. The van der Waals surface area contributed by atoms with Crippen molar-refractivity contribution in [2.45, 2.75) is 52.9 Å². The number of carboxylic acid groups (broad SMARTS) is 1. The molecular formula is C18H30O3. The smallest absolute Gasteiger partial charge is 0.314 e. The Labute approximate surface area is 129 Å². The van der Waals surface area contributed by atoms with Gasteiger partial charge >= 0.3 is 5.97 Å². The van der Waals surface area contributed by atoms with Gasteiger partial charge in [-0.2, -0.15) is 0 Å². The van der Waals surface area contributed by atoms with Crippen LogP contribution in [-0.2, 0) is 9.53 Å². The van der Waals surface area contributed by atoms with Crippen LogP contribution in [0.3, 0.4) is 0 Å². The Kier molecular flexibility index (Phi) is 7.16. The lowest BCUT2D eigenvalue weighted by Gasteiger charge is -2.40. The van der Waals surface area contributed by atoms with E-state index in [1.54, 1.807) is 7.11 Å². The third kappa shape index (κ3) is 4.44. The van der Waals surface area contributed by atoms with Gasteiger partial charge in [0.1, 0.15) is 0 Å². The first kappa shape index (κ1) is 18.0. The monoisotopic (exact) mass is 294 g/mol. The summed E-state index contributed by atoms with van der Waals surface area (Å²) in [5.41, 5.74) is 0.504. The van der Waals surface area contributed by atoms with Crippen LogP contribution in [0.1, 0.15) is 52.9 Å². The van der Waals surface area contributed by atoms with Gasteiger partial charge in [0.2, 0.25) is 0 Å². The van der Waals surface area contributed by atoms with E-state index in [2.05, 4.69) is 26.8 Å². The second kappa shape index (κ2) is 8.38. The van der Waals surface area contributed by atoms with E-state index in [0.717, 1.165) is 25.7 Å². The molecule has 0 heterocycles. The average molecular weight is 294 g/mol. The minimum Gasteiger partial charge on any atom is -0.481 e. The summed E-state index contributed by atoms with van der Waals surface area (Å²) < 4.78 is 5.23. The van der Waals surface area contributed by atoms with Gasteiger partial charge < -0.3 is 9.84 Å². The van der Waals surface area contributed by atoms with Crippen molar-refractivity contribution in [1.29, 1.82) is 0 Å². The Hall–Kier alpha value is -1.09. The number of carboxylic acids is 1. The molecule has 0 aromatic rings. The molecule has 0 fully saturated rings. The van der Waals surface area contributed by atoms with Crippen LogP contribution in [0.5, 0.6) is 0 Å². The highest BCUT2D eigenvalue weighted by atomic mass is 16.5. The van der Waals surface area contributed by atoms with E-state index in [4.69, 9.17) is 4.74 Å². The maximum absolute atomic E-state index is 12.1. The number of allylic oxidation sites excluding steroid dienone is 3. The number of hydrogen-bond acceptors (Lipinski definition) is 2. The molecule has 0 aliphatic heterocycles. The van der Waals surface area contributed by atoms with Crippen molar-refractivity contribution in [3.63, 3.8) is 0 Å². The molecule has 0 amide bonds. The van der Waals surface area contributed by atoms with E-state index in [1.165, 1.54) is 5.57 Å². The highest BCUT2D eigenvalue weighted by Crippen LogP contribution is 2.46. The molecule has 0 saturated heterocycles. The molecule has 0 saturated carbocycles. The summed E-state index contributed by atoms with van der Waals surface area (Å²) in [6.07, 6.45) is 10.7. The number of carbonyl (C=O) groups is 1. The Morgan fingerprint density at radius 3 is 2.71 bits per heavy atom. The van der Waals surface area contributed by atoms with Crippen LogP contribution in [0, 0.1) is 17.3 Å². The van der Waals surface area contributed by atoms with E-state index in [9.17, 15) is 9.90 Å². The average Bonchev–Trinajstić information content (AvgIpc) is 2.43. The molecule has 3 nitrogen and oxygen atoms in total. The molecule has 1 aliphatic carbocycles. The van der Waals surface area contributed by atoms with Gasteiger partial charge in [0.15, 0.2) is 0 Å². The van der Waals surface area contributed by atoms with Gasteiger partial charge in [-0.1, -0.05) is 51.0 Å². The second-order valence-electron chi connectivity index (χ2n) is 6.48. The van der Waals surface area contributed by atoms with Crippen LogP contribution < -0.4 is 0 Å². The molecule has 120 valence electrons. The van der Waals surface area contributed by atoms with E-state index in [1.807, 2.05) is 12.2 Å². The first-order valence-electron chi connectivity index (χ1n) is 8.08. The van der Waals surface area contributed by atoms with Crippen molar-refractivity contribution < 1.29 is 14.6 Å². The predicted molar refractivity (Wildman–Crippen MR) is 86.3 cm³/mol. The highest BCUT2D eigenvalue weighted by Gasteiger charge is 2.46. The molecule has 1 rings (SSSR count). The van der Waals surface area contributed by atoms with Crippen LogP contribution in [0.2, 0.25) is 0 Å². The summed E-state index contributed by atoms with van der Waals surface area (Å²) in [4.78, 5) is 12.1. The van der Waals surface area contributed by atoms with Crippen LogP contribution in [-0.4, -0.2) is 24.8 Å². The fourth-order valence-electron chi connectivity index (χ4n) is 3.42. The lowest BCUT2D eigenvalue weighted by molar-refractivity contribution is -0.149. The number of rotatable bonds is 9. The van der Waals surface area contributed by atoms with Crippen LogP contribution in [0.15, 0.2) is 23.8 Å². The minimum atomic E-state index is -0.773. The molecular weight excluding hydrogens is 264 g/mol.